The lowest BCUT2D eigenvalue weighted by Crippen LogP contribution is -2.61. The van der Waals surface area contributed by atoms with E-state index in [1.54, 1.807) is 4.57 Å². The topological polar surface area (TPSA) is 11.4 Å². The van der Waals surface area contributed by atoms with E-state index in [1.165, 1.54) is 0 Å². The monoisotopic (exact) mass is 1300 g/mol. The molecule has 0 saturated heterocycles. The summed E-state index contributed by atoms with van der Waals surface area (Å²) < 4.78 is 124. The van der Waals surface area contributed by atoms with Crippen molar-refractivity contribution < 1.29 is 17.8 Å². The van der Waals surface area contributed by atoms with Gasteiger partial charge in [-0.2, -0.15) is 0 Å². The van der Waals surface area contributed by atoms with Crippen LogP contribution in [0.25, 0.3) is 105 Å². The van der Waals surface area contributed by atoms with Gasteiger partial charge in [-0.15, -0.1) is 0 Å². The number of fused-ring (bicyclic) bond motifs is 7. The molecule has 3 heterocycles. The standard InChI is InChI=1S/C96H80BN3/c1-94(2,3)73-56-79(68-35-21-13-22-36-68)92(80(57-73)69-37-23-14-24-38-69)99-87-55-72(65-33-19-12-20-34-65)51-53-83(87)97-84-54-52-76(98-85-41-27-25-39-77(85)78-40-26-28-42-86(78)98)62-88(84)100(90-61-75(96(7,8)9)60-89(99)91(90)97)93-81(70-47-43-66(44-48-70)63-29-15-10-16-30-63)58-74(95(4,5)6)59-82(93)71-49-45-67(46-50-71)64-31-17-11-18-32-64/h10-62H,1-9H3/i12D,19D,20D,25D,26D,27D,28D,33D,34D,39D,40D,41D,42D. The van der Waals surface area contributed by atoms with E-state index >= 15 is 0 Å². The molecule has 2 aliphatic rings. The van der Waals surface area contributed by atoms with Gasteiger partial charge >= 0.3 is 0 Å². The summed E-state index contributed by atoms with van der Waals surface area (Å²) in [7, 11) is 0. The Kier molecular flexibility index (Phi) is 11.9. The Labute approximate surface area is 608 Å². The highest BCUT2D eigenvalue weighted by Crippen LogP contribution is 2.56. The molecule has 0 radical (unpaired) electrons. The lowest BCUT2D eigenvalue weighted by Gasteiger charge is -2.47. The maximum absolute atomic E-state index is 9.88. The number of nitrogens with zero attached hydrogens (tertiary/aromatic N) is 3. The van der Waals surface area contributed by atoms with E-state index in [1.807, 2.05) is 78.9 Å². The van der Waals surface area contributed by atoms with E-state index in [-0.39, 0.29) is 44.9 Å². The maximum atomic E-state index is 9.88. The summed E-state index contributed by atoms with van der Waals surface area (Å²) in [4.78, 5) is 4.76. The van der Waals surface area contributed by atoms with Gasteiger partial charge in [-0.3, -0.25) is 0 Å². The molecule has 2 aliphatic heterocycles. The second-order valence-electron chi connectivity index (χ2n) is 29.5. The van der Waals surface area contributed by atoms with Crippen molar-refractivity contribution in [2.75, 3.05) is 9.80 Å². The zero-order chi connectivity index (χ0) is 79.5. The molecule has 3 nitrogen and oxygen atoms in total. The van der Waals surface area contributed by atoms with E-state index in [2.05, 4.69) is 236 Å². The van der Waals surface area contributed by atoms with Crippen LogP contribution in [0.4, 0.5) is 34.1 Å². The first kappa shape index (κ1) is 49.1. The van der Waals surface area contributed by atoms with Crippen LogP contribution in [0.15, 0.2) is 321 Å². The number of anilines is 6. The van der Waals surface area contributed by atoms with Crippen LogP contribution >= 0.6 is 0 Å². The third-order valence-electron chi connectivity index (χ3n) is 20.2. The first-order valence-electron chi connectivity index (χ1n) is 40.9. The van der Waals surface area contributed by atoms with Crippen LogP contribution in [0.2, 0.25) is 0 Å². The van der Waals surface area contributed by atoms with Crippen molar-refractivity contribution in [1.29, 1.82) is 0 Å². The van der Waals surface area contributed by atoms with Gasteiger partial charge in [0.1, 0.15) is 0 Å². The quantitative estimate of drug-likeness (QED) is 0.126. The second-order valence-corrected chi connectivity index (χ2v) is 29.5. The summed E-state index contributed by atoms with van der Waals surface area (Å²) in [5.41, 5.74) is 21.0. The van der Waals surface area contributed by atoms with Crippen LogP contribution in [-0.4, -0.2) is 11.3 Å². The number of hydrogen-bond acceptors (Lipinski definition) is 2. The zero-order valence-electron chi connectivity index (χ0n) is 70.5. The smallest absolute Gasteiger partial charge is 0.252 e. The number of benzene rings is 14. The molecular weight excluding hydrogens is 1210 g/mol. The SMILES string of the molecule is [2H]c1c([2H])c([2H])c(-c2ccc3c(c2)N(c2c(-c4ccccc4)cc(C(C)(C)C)cc2-c2ccccc2)c2cc(C(C)(C)C)cc4c2B3c2ccc(-n3c5c([2H])c([2H])c([2H])c([2H])c5c5c([2H])c([2H])c([2H])c([2H])c53)cc2N4c2c(-c3ccc(-c4ccccc4)cc3)cc(C(C)(C)C)cc2-c2ccc(-c3ccccc3)cc2)c([2H])c1[2H]. The molecule has 0 unspecified atom stereocenters. The molecule has 482 valence electrons. The number of hydrogen-bond donors (Lipinski definition) is 0. The third-order valence-corrected chi connectivity index (χ3v) is 20.2. The highest BCUT2D eigenvalue weighted by molar-refractivity contribution is 7.00. The van der Waals surface area contributed by atoms with Gasteiger partial charge < -0.3 is 14.4 Å². The molecule has 0 spiro atoms. The summed E-state index contributed by atoms with van der Waals surface area (Å²) in [5, 5.41) is -0.0942. The number of rotatable bonds is 10. The fraction of sp³-hybridized carbons (Fsp3) is 0.125. The van der Waals surface area contributed by atoms with Gasteiger partial charge in [0.2, 0.25) is 0 Å². The summed E-state index contributed by atoms with van der Waals surface area (Å²) in [5.74, 6) is 0. The van der Waals surface area contributed by atoms with Crippen molar-refractivity contribution in [3.05, 3.63) is 338 Å². The minimum absolute atomic E-state index is 0.0225. The lowest BCUT2D eigenvalue weighted by molar-refractivity contribution is 0.590. The van der Waals surface area contributed by atoms with Crippen LogP contribution in [0.3, 0.4) is 0 Å². The van der Waals surface area contributed by atoms with Gasteiger partial charge in [0.05, 0.1) is 40.2 Å². The molecule has 0 aliphatic carbocycles. The van der Waals surface area contributed by atoms with Crippen molar-refractivity contribution in [3.8, 4) is 83.6 Å². The molecule has 100 heavy (non-hydrogen) atoms. The number of para-hydroxylation sites is 2. The highest BCUT2D eigenvalue weighted by atomic mass is 15.2. The average molecular weight is 1300 g/mol. The lowest BCUT2D eigenvalue weighted by atomic mass is 9.33. The Morgan fingerprint density at radius 2 is 0.610 bits per heavy atom. The van der Waals surface area contributed by atoms with Gasteiger partial charge in [0.25, 0.3) is 6.71 Å². The van der Waals surface area contributed by atoms with E-state index in [0.29, 0.717) is 22.6 Å². The largest absolute Gasteiger partial charge is 0.310 e. The van der Waals surface area contributed by atoms with Crippen molar-refractivity contribution in [1.82, 2.24) is 4.57 Å². The van der Waals surface area contributed by atoms with Gasteiger partial charge in [-0.1, -0.05) is 317 Å². The van der Waals surface area contributed by atoms with Crippen molar-refractivity contribution in [3.63, 3.8) is 0 Å². The minimum atomic E-state index is -0.687. The summed E-state index contributed by atoms with van der Waals surface area (Å²) >= 11 is 0. The van der Waals surface area contributed by atoms with E-state index in [0.717, 1.165) is 123 Å². The maximum Gasteiger partial charge on any atom is 0.252 e. The average Bonchev–Trinajstić information content (AvgIpc) is 1.31. The third kappa shape index (κ3) is 10.8. The minimum Gasteiger partial charge on any atom is -0.310 e. The molecule has 0 atom stereocenters. The molecule has 4 heteroatoms. The fourth-order valence-corrected chi connectivity index (χ4v) is 14.9. The van der Waals surface area contributed by atoms with Crippen LogP contribution in [-0.2, 0) is 16.2 Å². The van der Waals surface area contributed by atoms with Gasteiger partial charge in [-0.25, -0.2) is 0 Å². The van der Waals surface area contributed by atoms with Crippen molar-refractivity contribution in [2.45, 2.75) is 78.6 Å². The molecule has 0 N–H and O–H groups in total. The van der Waals surface area contributed by atoms with Crippen LogP contribution in [0.5, 0.6) is 0 Å². The van der Waals surface area contributed by atoms with Crippen LogP contribution in [0, 0.1) is 0 Å². The second kappa shape index (κ2) is 24.2. The van der Waals surface area contributed by atoms with Crippen LogP contribution < -0.4 is 26.2 Å². The van der Waals surface area contributed by atoms with Crippen LogP contribution in [0.1, 0.15) is 96.8 Å². The Bertz CT molecular complexity index is 6170. The normalized spacial score (nSPS) is 14.6. The molecule has 15 aromatic rings. The first-order chi connectivity index (χ1) is 53.9. The van der Waals surface area contributed by atoms with Gasteiger partial charge in [0, 0.05) is 61.5 Å². The molecule has 0 fully saturated rings. The van der Waals surface area contributed by atoms with Gasteiger partial charge in [-0.05, 0) is 172 Å². The Morgan fingerprint density at radius 3 is 1.03 bits per heavy atom. The predicted molar refractivity (Wildman–Crippen MR) is 429 cm³/mol. The van der Waals surface area contributed by atoms with Crippen molar-refractivity contribution >= 4 is 79.0 Å². The first-order valence-corrected chi connectivity index (χ1v) is 34.4. The zero-order valence-corrected chi connectivity index (χ0v) is 57.5. The Balaban J connectivity index is 1.09. The summed E-state index contributed by atoms with van der Waals surface area (Å²) in [6, 6.07) is 78.7. The Morgan fingerprint density at radius 1 is 0.280 bits per heavy atom. The van der Waals surface area contributed by atoms with Crippen molar-refractivity contribution in [2.24, 2.45) is 0 Å². The molecule has 0 bridgehead atoms. The van der Waals surface area contributed by atoms with E-state index in [9.17, 15) is 11.0 Å². The molecule has 0 amide bonds. The fourth-order valence-electron chi connectivity index (χ4n) is 14.9. The predicted octanol–water partition coefficient (Wildman–Crippen LogP) is 24.4. The summed E-state index contributed by atoms with van der Waals surface area (Å²) in [6.07, 6.45) is 0. The highest BCUT2D eigenvalue weighted by Gasteiger charge is 2.46. The van der Waals surface area contributed by atoms with E-state index < -0.39 is 84.0 Å². The molecule has 1 aromatic heterocycles. The van der Waals surface area contributed by atoms with E-state index in [4.69, 9.17) is 6.85 Å². The number of aromatic nitrogens is 1. The van der Waals surface area contributed by atoms with Gasteiger partial charge in [0.15, 0.2) is 0 Å². The Hall–Kier alpha value is -11.5. The molecule has 0 saturated carbocycles. The summed E-state index contributed by atoms with van der Waals surface area (Å²) in [6.45, 7) is 19.3. The molecule has 14 aromatic carbocycles. The molecular formula is C96H80BN3. The molecule has 17 rings (SSSR count).